The van der Waals surface area contributed by atoms with Crippen molar-refractivity contribution in [1.82, 2.24) is 18.9 Å². The Kier molecular flexibility index (Phi) is 5.09. The molecule has 6 nitrogen and oxygen atoms in total. The molecule has 0 unspecified atom stereocenters. The fourth-order valence-corrected chi connectivity index (χ4v) is 4.37. The summed E-state index contributed by atoms with van der Waals surface area (Å²) in [5.41, 5.74) is 2.71. The second-order valence-electron chi connectivity index (χ2n) is 7.09. The number of rotatable bonds is 5. The zero-order valence-corrected chi connectivity index (χ0v) is 17.3. The number of hydrogen-bond donors (Lipinski definition) is 0. The van der Waals surface area contributed by atoms with Crippen LogP contribution >= 0.6 is 11.8 Å². The van der Waals surface area contributed by atoms with Gasteiger partial charge in [0.2, 0.25) is 0 Å². The lowest BCUT2D eigenvalue weighted by Gasteiger charge is -2.13. The molecule has 0 aliphatic rings. The standard InChI is InChI=1S/C24H18N4O2S/c29-22-14-18(25-21-12-6-7-13-27(21)22)16-31-24-26-20-11-5-4-10-19(20)23(30)28(24)15-17-8-2-1-3-9-17/h1-14H,15-16H2. The summed E-state index contributed by atoms with van der Waals surface area (Å²) in [7, 11) is 0. The van der Waals surface area contributed by atoms with Crippen molar-refractivity contribution >= 4 is 28.3 Å². The smallest absolute Gasteiger partial charge is 0.262 e. The Morgan fingerprint density at radius 2 is 1.61 bits per heavy atom. The van der Waals surface area contributed by atoms with Gasteiger partial charge in [0.05, 0.1) is 23.1 Å². The SMILES string of the molecule is O=c1c2ccccc2nc(SCc2cc(=O)n3ccccc3n2)n1Cc1ccccc1. The van der Waals surface area contributed by atoms with E-state index in [-0.39, 0.29) is 11.1 Å². The first-order valence-electron chi connectivity index (χ1n) is 9.83. The number of aromatic nitrogens is 4. The Bertz CT molecular complexity index is 1510. The van der Waals surface area contributed by atoms with Crippen molar-refractivity contribution in [2.24, 2.45) is 0 Å². The molecule has 0 N–H and O–H groups in total. The molecule has 0 amide bonds. The van der Waals surface area contributed by atoms with Crippen LogP contribution in [0.5, 0.6) is 0 Å². The van der Waals surface area contributed by atoms with E-state index in [1.54, 1.807) is 29.0 Å². The molecule has 0 fully saturated rings. The number of hydrogen-bond acceptors (Lipinski definition) is 5. The van der Waals surface area contributed by atoms with Gasteiger partial charge in [-0.2, -0.15) is 0 Å². The van der Waals surface area contributed by atoms with Gasteiger partial charge in [-0.25, -0.2) is 9.97 Å². The van der Waals surface area contributed by atoms with E-state index in [9.17, 15) is 9.59 Å². The first kappa shape index (κ1) is 19.3. The highest BCUT2D eigenvalue weighted by Gasteiger charge is 2.13. The molecular formula is C24H18N4O2S. The van der Waals surface area contributed by atoms with Gasteiger partial charge in [0.15, 0.2) is 5.16 Å². The van der Waals surface area contributed by atoms with Crippen molar-refractivity contribution in [3.8, 4) is 0 Å². The molecule has 0 spiro atoms. The van der Waals surface area contributed by atoms with Gasteiger partial charge in [0.1, 0.15) is 5.65 Å². The van der Waals surface area contributed by atoms with E-state index in [0.717, 1.165) is 5.56 Å². The number of pyridine rings is 1. The molecule has 5 rings (SSSR count). The van der Waals surface area contributed by atoms with Gasteiger partial charge in [-0.1, -0.05) is 60.3 Å². The number of benzene rings is 2. The third-order valence-corrected chi connectivity index (χ3v) is 5.99. The fourth-order valence-electron chi connectivity index (χ4n) is 3.48. The predicted octanol–water partition coefficient (Wildman–Crippen LogP) is 3.75. The van der Waals surface area contributed by atoms with Gasteiger partial charge in [0, 0.05) is 18.0 Å². The molecule has 3 heterocycles. The van der Waals surface area contributed by atoms with Crippen LogP contribution in [0.1, 0.15) is 11.3 Å². The van der Waals surface area contributed by atoms with Gasteiger partial charge in [-0.05, 0) is 29.8 Å². The monoisotopic (exact) mass is 426 g/mol. The molecule has 5 aromatic rings. The van der Waals surface area contributed by atoms with E-state index in [4.69, 9.17) is 4.98 Å². The molecule has 0 saturated heterocycles. The van der Waals surface area contributed by atoms with Crippen LogP contribution in [0.2, 0.25) is 0 Å². The molecule has 31 heavy (non-hydrogen) atoms. The minimum Gasteiger partial charge on any atom is -0.283 e. The van der Waals surface area contributed by atoms with Crippen molar-refractivity contribution in [3.05, 3.63) is 117 Å². The van der Waals surface area contributed by atoms with Crippen LogP contribution in [0, 0.1) is 0 Å². The maximum atomic E-state index is 13.2. The molecule has 2 aromatic carbocycles. The van der Waals surface area contributed by atoms with Crippen LogP contribution in [0.4, 0.5) is 0 Å². The molecular weight excluding hydrogens is 408 g/mol. The molecule has 152 valence electrons. The van der Waals surface area contributed by atoms with Crippen molar-refractivity contribution in [2.45, 2.75) is 17.5 Å². The number of fused-ring (bicyclic) bond motifs is 2. The maximum Gasteiger partial charge on any atom is 0.262 e. The Labute approximate surface area is 181 Å². The lowest BCUT2D eigenvalue weighted by atomic mass is 10.2. The van der Waals surface area contributed by atoms with Crippen LogP contribution in [0.25, 0.3) is 16.6 Å². The topological polar surface area (TPSA) is 69.3 Å². The molecule has 0 radical (unpaired) electrons. The third-order valence-electron chi connectivity index (χ3n) is 4.98. The quantitative estimate of drug-likeness (QED) is 0.316. The number of para-hydroxylation sites is 1. The Hall–Kier alpha value is -3.71. The van der Waals surface area contributed by atoms with Gasteiger partial charge in [-0.3, -0.25) is 18.6 Å². The molecule has 7 heteroatoms. The van der Waals surface area contributed by atoms with E-state index >= 15 is 0 Å². The molecule has 3 aromatic heterocycles. The largest absolute Gasteiger partial charge is 0.283 e. The van der Waals surface area contributed by atoms with Crippen LogP contribution in [-0.4, -0.2) is 18.9 Å². The zero-order chi connectivity index (χ0) is 21.2. The maximum absolute atomic E-state index is 13.2. The Morgan fingerprint density at radius 3 is 2.48 bits per heavy atom. The van der Waals surface area contributed by atoms with E-state index in [0.29, 0.717) is 39.7 Å². The van der Waals surface area contributed by atoms with Gasteiger partial charge in [0.25, 0.3) is 11.1 Å². The fraction of sp³-hybridized carbons (Fsp3) is 0.0833. The average Bonchev–Trinajstić information content (AvgIpc) is 2.80. The molecule has 0 atom stereocenters. The van der Waals surface area contributed by atoms with Crippen molar-refractivity contribution in [3.63, 3.8) is 0 Å². The van der Waals surface area contributed by atoms with Crippen LogP contribution < -0.4 is 11.1 Å². The summed E-state index contributed by atoms with van der Waals surface area (Å²) >= 11 is 1.41. The van der Waals surface area contributed by atoms with Gasteiger partial charge >= 0.3 is 0 Å². The van der Waals surface area contributed by atoms with E-state index in [1.165, 1.54) is 22.2 Å². The van der Waals surface area contributed by atoms with Crippen LogP contribution in [0.3, 0.4) is 0 Å². The summed E-state index contributed by atoms with van der Waals surface area (Å²) in [6.45, 7) is 0.424. The van der Waals surface area contributed by atoms with Gasteiger partial charge < -0.3 is 0 Å². The summed E-state index contributed by atoms with van der Waals surface area (Å²) in [6, 6.07) is 24.2. The summed E-state index contributed by atoms with van der Waals surface area (Å²) in [4.78, 5) is 34.9. The normalized spacial score (nSPS) is 11.2. The lowest BCUT2D eigenvalue weighted by Crippen LogP contribution is -2.24. The highest BCUT2D eigenvalue weighted by atomic mass is 32.2. The minimum atomic E-state index is -0.130. The van der Waals surface area contributed by atoms with E-state index < -0.39 is 0 Å². The average molecular weight is 427 g/mol. The first-order chi connectivity index (χ1) is 15.2. The molecule has 0 aliphatic heterocycles. The second-order valence-corrected chi connectivity index (χ2v) is 8.03. The Morgan fingerprint density at radius 1 is 0.839 bits per heavy atom. The summed E-state index contributed by atoms with van der Waals surface area (Å²) in [5, 5.41) is 1.19. The highest BCUT2D eigenvalue weighted by Crippen LogP contribution is 2.22. The summed E-state index contributed by atoms with van der Waals surface area (Å²) in [6.07, 6.45) is 1.70. The van der Waals surface area contributed by atoms with Crippen molar-refractivity contribution in [2.75, 3.05) is 0 Å². The molecule has 0 saturated carbocycles. The van der Waals surface area contributed by atoms with Crippen LogP contribution in [0.15, 0.2) is 99.8 Å². The molecule has 0 aliphatic carbocycles. The lowest BCUT2D eigenvalue weighted by molar-refractivity contribution is 0.658. The number of thioether (sulfide) groups is 1. The summed E-state index contributed by atoms with van der Waals surface area (Å²) < 4.78 is 3.20. The summed E-state index contributed by atoms with van der Waals surface area (Å²) in [5.74, 6) is 0.431. The second kappa shape index (κ2) is 8.20. The molecule has 0 bridgehead atoms. The van der Waals surface area contributed by atoms with Crippen molar-refractivity contribution < 1.29 is 0 Å². The highest BCUT2D eigenvalue weighted by molar-refractivity contribution is 7.98. The minimum absolute atomic E-state index is 0.0801. The predicted molar refractivity (Wildman–Crippen MR) is 123 cm³/mol. The van der Waals surface area contributed by atoms with Crippen LogP contribution in [-0.2, 0) is 12.3 Å². The van der Waals surface area contributed by atoms with E-state index in [1.807, 2.05) is 54.6 Å². The van der Waals surface area contributed by atoms with E-state index in [2.05, 4.69) is 4.98 Å². The number of nitrogens with zero attached hydrogens (tertiary/aromatic N) is 4. The van der Waals surface area contributed by atoms with Gasteiger partial charge in [-0.15, -0.1) is 0 Å². The zero-order valence-electron chi connectivity index (χ0n) is 16.5. The first-order valence-corrected chi connectivity index (χ1v) is 10.8. The third kappa shape index (κ3) is 3.87. The Balaban J connectivity index is 1.55. The van der Waals surface area contributed by atoms with Crippen molar-refractivity contribution in [1.29, 1.82) is 0 Å².